The number of benzene rings is 1. The number of halogens is 2. The zero-order chi connectivity index (χ0) is 13.0. The second-order valence-corrected chi connectivity index (χ2v) is 4.82. The van der Waals surface area contributed by atoms with E-state index in [4.69, 9.17) is 5.73 Å². The van der Waals surface area contributed by atoms with Gasteiger partial charge in [0.25, 0.3) is 0 Å². The molecule has 17 heavy (non-hydrogen) atoms. The Bertz CT molecular complexity index is 423. The lowest BCUT2D eigenvalue weighted by molar-refractivity contribution is -0.117. The first-order valence-corrected chi connectivity index (χ1v) is 6.27. The maximum atomic E-state index is 13.3. The van der Waals surface area contributed by atoms with Gasteiger partial charge >= 0.3 is 0 Å². The fourth-order valence-corrected chi connectivity index (χ4v) is 1.91. The van der Waals surface area contributed by atoms with E-state index in [1.807, 2.05) is 6.92 Å². The van der Waals surface area contributed by atoms with Gasteiger partial charge in [-0.25, -0.2) is 4.39 Å². The van der Waals surface area contributed by atoms with Gasteiger partial charge in [-0.2, -0.15) is 0 Å². The van der Waals surface area contributed by atoms with Gasteiger partial charge in [-0.3, -0.25) is 4.79 Å². The Morgan fingerprint density at radius 1 is 1.59 bits per heavy atom. The molecule has 0 spiro atoms. The summed E-state index contributed by atoms with van der Waals surface area (Å²) in [6.07, 6.45) is 1.45. The van der Waals surface area contributed by atoms with Crippen LogP contribution in [0.15, 0.2) is 16.6 Å². The van der Waals surface area contributed by atoms with Crippen molar-refractivity contribution in [2.24, 2.45) is 5.73 Å². The van der Waals surface area contributed by atoms with E-state index in [2.05, 4.69) is 21.2 Å². The van der Waals surface area contributed by atoms with Crippen LogP contribution in [0.4, 0.5) is 10.1 Å². The Kier molecular flexibility index (Phi) is 5.08. The Hall–Kier alpha value is -0.940. The molecule has 0 saturated heterocycles. The number of amides is 1. The minimum Gasteiger partial charge on any atom is -0.324 e. The summed E-state index contributed by atoms with van der Waals surface area (Å²) < 4.78 is 13.7. The third kappa shape index (κ3) is 3.78. The van der Waals surface area contributed by atoms with Crippen molar-refractivity contribution in [3.05, 3.63) is 28.0 Å². The van der Waals surface area contributed by atoms with E-state index < -0.39 is 11.9 Å². The molecule has 1 aromatic carbocycles. The summed E-state index contributed by atoms with van der Waals surface area (Å²) in [6.45, 7) is 3.75. The summed E-state index contributed by atoms with van der Waals surface area (Å²) >= 11 is 3.09. The molecule has 3 nitrogen and oxygen atoms in total. The van der Waals surface area contributed by atoms with E-state index in [1.54, 1.807) is 13.0 Å². The van der Waals surface area contributed by atoms with E-state index in [1.165, 1.54) is 6.07 Å². The molecule has 0 unspecified atom stereocenters. The minimum atomic E-state index is -0.550. The van der Waals surface area contributed by atoms with Gasteiger partial charge in [-0.1, -0.05) is 13.3 Å². The van der Waals surface area contributed by atoms with Crippen molar-refractivity contribution < 1.29 is 9.18 Å². The van der Waals surface area contributed by atoms with E-state index in [9.17, 15) is 9.18 Å². The quantitative estimate of drug-likeness (QED) is 0.898. The molecule has 0 aliphatic rings. The zero-order valence-electron chi connectivity index (χ0n) is 9.89. The maximum Gasteiger partial charge on any atom is 0.241 e. The van der Waals surface area contributed by atoms with E-state index in [0.29, 0.717) is 16.6 Å². The number of carbonyl (C=O) groups is 1. The summed E-state index contributed by atoms with van der Waals surface area (Å²) in [5.74, 6) is -0.688. The molecule has 0 saturated carbocycles. The highest BCUT2D eigenvalue weighted by atomic mass is 79.9. The molecule has 1 amide bonds. The number of anilines is 1. The molecule has 0 aliphatic carbocycles. The number of hydrogen-bond acceptors (Lipinski definition) is 2. The van der Waals surface area contributed by atoms with Gasteiger partial charge in [-0.15, -0.1) is 0 Å². The molecule has 0 aromatic heterocycles. The summed E-state index contributed by atoms with van der Waals surface area (Å²) in [5.41, 5.74) is 6.93. The van der Waals surface area contributed by atoms with Crippen LogP contribution in [-0.4, -0.2) is 11.9 Å². The second kappa shape index (κ2) is 6.12. The Labute approximate surface area is 109 Å². The third-order valence-electron chi connectivity index (χ3n) is 2.46. The van der Waals surface area contributed by atoms with Gasteiger partial charge in [0.2, 0.25) is 5.91 Å². The first-order chi connectivity index (χ1) is 7.95. The van der Waals surface area contributed by atoms with Gasteiger partial charge in [-0.05, 0) is 47.0 Å². The largest absolute Gasteiger partial charge is 0.324 e. The number of aryl methyl sites for hydroxylation is 1. The van der Waals surface area contributed by atoms with Crippen LogP contribution in [0, 0.1) is 12.7 Å². The maximum absolute atomic E-state index is 13.3. The predicted octanol–water partition coefficient (Wildman–Crippen LogP) is 2.96. The normalized spacial score (nSPS) is 12.3. The molecule has 0 fully saturated rings. The fourth-order valence-electron chi connectivity index (χ4n) is 1.45. The van der Waals surface area contributed by atoms with Crippen molar-refractivity contribution >= 4 is 27.5 Å². The van der Waals surface area contributed by atoms with Gasteiger partial charge in [0.15, 0.2) is 0 Å². The molecule has 94 valence electrons. The van der Waals surface area contributed by atoms with Crippen LogP contribution in [0.5, 0.6) is 0 Å². The lowest BCUT2D eigenvalue weighted by atomic mass is 10.1. The van der Waals surface area contributed by atoms with Gasteiger partial charge in [0, 0.05) is 5.69 Å². The van der Waals surface area contributed by atoms with Crippen LogP contribution in [-0.2, 0) is 4.79 Å². The average molecular weight is 303 g/mol. The monoisotopic (exact) mass is 302 g/mol. The molecule has 0 aliphatic heterocycles. The second-order valence-electron chi connectivity index (χ2n) is 3.97. The minimum absolute atomic E-state index is 0.281. The average Bonchev–Trinajstić information content (AvgIpc) is 2.26. The standard InChI is InChI=1S/C12H16BrFN2O/c1-3-4-10(15)12(17)16-11-6-9(14)8(13)5-7(11)2/h5-6,10H,3-4,15H2,1-2H3,(H,16,17)/t10-/m0/s1. The smallest absolute Gasteiger partial charge is 0.241 e. The molecule has 1 rings (SSSR count). The molecule has 0 bridgehead atoms. The van der Waals surface area contributed by atoms with Crippen molar-refractivity contribution in [1.29, 1.82) is 0 Å². The van der Waals surface area contributed by atoms with Crippen LogP contribution >= 0.6 is 15.9 Å². The molecule has 1 atom stereocenters. The molecule has 5 heteroatoms. The van der Waals surface area contributed by atoms with Crippen molar-refractivity contribution in [1.82, 2.24) is 0 Å². The van der Waals surface area contributed by atoms with Crippen molar-refractivity contribution in [2.45, 2.75) is 32.7 Å². The summed E-state index contributed by atoms with van der Waals surface area (Å²) in [7, 11) is 0. The number of carbonyl (C=O) groups excluding carboxylic acids is 1. The molecular formula is C12H16BrFN2O. The molecular weight excluding hydrogens is 287 g/mol. The van der Waals surface area contributed by atoms with Crippen LogP contribution in [0.3, 0.4) is 0 Å². The summed E-state index contributed by atoms with van der Waals surface area (Å²) in [6, 6.07) is 2.36. The Morgan fingerprint density at radius 3 is 2.82 bits per heavy atom. The lowest BCUT2D eigenvalue weighted by Gasteiger charge is -2.13. The van der Waals surface area contributed by atoms with Gasteiger partial charge < -0.3 is 11.1 Å². The zero-order valence-corrected chi connectivity index (χ0v) is 11.5. The van der Waals surface area contributed by atoms with Crippen LogP contribution in [0.1, 0.15) is 25.3 Å². The van der Waals surface area contributed by atoms with Crippen LogP contribution < -0.4 is 11.1 Å². The van der Waals surface area contributed by atoms with E-state index in [0.717, 1.165) is 12.0 Å². The summed E-state index contributed by atoms with van der Waals surface area (Å²) in [4.78, 5) is 11.7. The molecule has 3 N–H and O–H groups in total. The Balaban J connectivity index is 2.81. The topological polar surface area (TPSA) is 55.1 Å². The fraction of sp³-hybridized carbons (Fsp3) is 0.417. The van der Waals surface area contributed by atoms with Crippen molar-refractivity contribution in [2.75, 3.05) is 5.32 Å². The lowest BCUT2D eigenvalue weighted by Crippen LogP contribution is -2.35. The van der Waals surface area contributed by atoms with E-state index in [-0.39, 0.29) is 5.91 Å². The van der Waals surface area contributed by atoms with Crippen LogP contribution in [0.2, 0.25) is 0 Å². The predicted molar refractivity (Wildman–Crippen MR) is 70.4 cm³/mol. The van der Waals surface area contributed by atoms with Crippen LogP contribution in [0.25, 0.3) is 0 Å². The van der Waals surface area contributed by atoms with E-state index >= 15 is 0 Å². The summed E-state index contributed by atoms with van der Waals surface area (Å²) in [5, 5.41) is 2.64. The first-order valence-electron chi connectivity index (χ1n) is 5.47. The highest BCUT2D eigenvalue weighted by Crippen LogP contribution is 2.24. The SMILES string of the molecule is CCC[C@H](N)C(=O)Nc1cc(F)c(Br)cc1C. The Morgan fingerprint density at radius 2 is 2.24 bits per heavy atom. The van der Waals surface area contributed by atoms with Gasteiger partial charge in [0.05, 0.1) is 10.5 Å². The number of nitrogens with one attached hydrogen (secondary N) is 1. The van der Waals surface area contributed by atoms with Crippen molar-refractivity contribution in [3.8, 4) is 0 Å². The molecule has 0 heterocycles. The number of hydrogen-bond donors (Lipinski definition) is 2. The molecule has 0 radical (unpaired) electrons. The first kappa shape index (κ1) is 14.1. The highest BCUT2D eigenvalue weighted by molar-refractivity contribution is 9.10. The number of nitrogens with two attached hydrogens (primary N) is 1. The third-order valence-corrected chi connectivity index (χ3v) is 3.07. The highest BCUT2D eigenvalue weighted by Gasteiger charge is 2.14. The molecule has 1 aromatic rings. The van der Waals surface area contributed by atoms with Crippen molar-refractivity contribution in [3.63, 3.8) is 0 Å². The number of rotatable bonds is 4. The van der Waals surface area contributed by atoms with Gasteiger partial charge in [0.1, 0.15) is 5.82 Å².